The molecule has 0 aliphatic rings. The zero-order chi connectivity index (χ0) is 12.1. The van der Waals surface area contributed by atoms with Crippen LogP contribution >= 0.6 is 27.5 Å². The Morgan fingerprint density at radius 3 is 2.69 bits per heavy atom. The molecule has 0 saturated heterocycles. The fourth-order valence-corrected chi connectivity index (χ4v) is 2.42. The maximum Gasteiger partial charge on any atom is 0.0817 e. The van der Waals surface area contributed by atoms with Crippen molar-refractivity contribution in [3.8, 4) is 0 Å². The molecule has 0 aromatic heterocycles. The number of aliphatic hydroxyl groups excluding tert-OH is 1. The lowest BCUT2D eigenvalue weighted by molar-refractivity contribution is 0.0886. The molecular weight excluding hydrogens is 291 g/mol. The third-order valence-corrected chi connectivity index (χ3v) is 3.22. The first kappa shape index (κ1) is 14.0. The first-order valence-electron chi connectivity index (χ1n) is 5.17. The van der Waals surface area contributed by atoms with Crippen LogP contribution in [0.4, 0.5) is 0 Å². The van der Waals surface area contributed by atoms with Crippen LogP contribution in [-0.2, 0) is 4.74 Å². The summed E-state index contributed by atoms with van der Waals surface area (Å²) in [7, 11) is 1.66. The van der Waals surface area contributed by atoms with Crippen molar-refractivity contribution in [3.05, 3.63) is 33.3 Å². The van der Waals surface area contributed by atoms with Gasteiger partial charge in [0.25, 0.3) is 0 Å². The average molecular weight is 308 g/mol. The van der Waals surface area contributed by atoms with Crippen molar-refractivity contribution < 1.29 is 9.84 Å². The van der Waals surface area contributed by atoms with Crippen LogP contribution in [0.25, 0.3) is 0 Å². The minimum atomic E-state index is -0.509. The third kappa shape index (κ3) is 4.06. The summed E-state index contributed by atoms with van der Waals surface area (Å²) in [4.78, 5) is 0. The summed E-state index contributed by atoms with van der Waals surface area (Å²) in [6, 6.07) is 5.48. The van der Waals surface area contributed by atoms with Gasteiger partial charge in [-0.1, -0.05) is 34.5 Å². The smallest absolute Gasteiger partial charge is 0.0817 e. The minimum Gasteiger partial charge on any atom is -0.388 e. The van der Waals surface area contributed by atoms with E-state index in [0.717, 1.165) is 16.5 Å². The number of ether oxygens (including phenoxy) is 1. The summed E-state index contributed by atoms with van der Waals surface area (Å²) in [5.74, 6) is 0.144. The first-order valence-corrected chi connectivity index (χ1v) is 6.34. The second kappa shape index (κ2) is 6.60. The van der Waals surface area contributed by atoms with Gasteiger partial charge in [0, 0.05) is 23.2 Å². The number of halogens is 2. The highest BCUT2D eigenvalue weighted by Gasteiger charge is 2.16. The van der Waals surface area contributed by atoms with E-state index in [2.05, 4.69) is 15.9 Å². The molecule has 4 heteroatoms. The Balaban J connectivity index is 2.74. The van der Waals surface area contributed by atoms with Gasteiger partial charge < -0.3 is 9.84 Å². The summed E-state index contributed by atoms with van der Waals surface area (Å²) in [6.45, 7) is 2.65. The topological polar surface area (TPSA) is 29.5 Å². The van der Waals surface area contributed by atoms with E-state index in [1.54, 1.807) is 19.2 Å². The zero-order valence-corrected chi connectivity index (χ0v) is 11.8. The molecule has 2 atom stereocenters. The lowest BCUT2D eigenvalue weighted by Gasteiger charge is -2.19. The quantitative estimate of drug-likeness (QED) is 0.896. The van der Waals surface area contributed by atoms with Gasteiger partial charge in [-0.15, -0.1) is 0 Å². The molecule has 1 N–H and O–H groups in total. The molecule has 0 bridgehead atoms. The molecule has 0 fully saturated rings. The molecule has 90 valence electrons. The number of rotatable bonds is 5. The van der Waals surface area contributed by atoms with Gasteiger partial charge in [-0.05, 0) is 36.1 Å². The van der Waals surface area contributed by atoms with Crippen LogP contribution in [0, 0.1) is 5.92 Å². The molecule has 16 heavy (non-hydrogen) atoms. The lowest BCUT2D eigenvalue weighted by atomic mass is 9.95. The van der Waals surface area contributed by atoms with E-state index in [4.69, 9.17) is 16.3 Å². The second-order valence-electron chi connectivity index (χ2n) is 3.91. The molecule has 0 amide bonds. The average Bonchev–Trinajstić information content (AvgIpc) is 2.23. The van der Waals surface area contributed by atoms with E-state index in [1.807, 2.05) is 13.0 Å². The molecule has 1 rings (SSSR count). The van der Waals surface area contributed by atoms with E-state index in [1.165, 1.54) is 0 Å². The monoisotopic (exact) mass is 306 g/mol. The fourth-order valence-electron chi connectivity index (χ4n) is 1.54. The summed E-state index contributed by atoms with van der Waals surface area (Å²) >= 11 is 9.30. The van der Waals surface area contributed by atoms with Crippen LogP contribution in [0.5, 0.6) is 0 Å². The van der Waals surface area contributed by atoms with Gasteiger partial charge in [0.1, 0.15) is 0 Å². The molecule has 0 saturated carbocycles. The summed E-state index contributed by atoms with van der Waals surface area (Å²) in [5, 5.41) is 10.8. The molecule has 0 aliphatic heterocycles. The Morgan fingerprint density at radius 2 is 2.12 bits per heavy atom. The van der Waals surface area contributed by atoms with Crippen LogP contribution in [0.15, 0.2) is 22.7 Å². The van der Waals surface area contributed by atoms with Gasteiger partial charge in [-0.2, -0.15) is 0 Å². The summed E-state index contributed by atoms with van der Waals surface area (Å²) in [5.41, 5.74) is 0.836. The Hall–Kier alpha value is -0.0900. The molecular formula is C12H16BrClO2. The minimum absolute atomic E-state index is 0.144. The molecule has 2 unspecified atom stereocenters. The summed E-state index contributed by atoms with van der Waals surface area (Å²) < 4.78 is 5.88. The Bertz CT molecular complexity index is 324. The van der Waals surface area contributed by atoms with Gasteiger partial charge in [-0.3, -0.25) is 0 Å². The molecule has 2 nitrogen and oxygen atoms in total. The normalized spacial score (nSPS) is 14.8. The van der Waals surface area contributed by atoms with Gasteiger partial charge in [0.15, 0.2) is 0 Å². The highest BCUT2D eigenvalue weighted by molar-refractivity contribution is 9.10. The molecule has 1 aromatic rings. The Kier molecular flexibility index (Phi) is 5.76. The zero-order valence-electron chi connectivity index (χ0n) is 9.41. The third-order valence-electron chi connectivity index (χ3n) is 2.54. The van der Waals surface area contributed by atoms with E-state index < -0.39 is 6.10 Å². The number of hydrogen-bond acceptors (Lipinski definition) is 2. The van der Waals surface area contributed by atoms with Gasteiger partial charge >= 0.3 is 0 Å². The van der Waals surface area contributed by atoms with Crippen molar-refractivity contribution in [2.24, 2.45) is 5.92 Å². The standard InChI is InChI=1S/C12H16BrClO2/c1-8(3-4-16-2)12(15)9-5-10(13)7-11(14)6-9/h5-8,12,15H,3-4H2,1-2H3. The van der Waals surface area contributed by atoms with Crippen molar-refractivity contribution >= 4 is 27.5 Å². The number of methoxy groups -OCH3 is 1. The van der Waals surface area contributed by atoms with Gasteiger partial charge in [0.2, 0.25) is 0 Å². The van der Waals surface area contributed by atoms with E-state index in [0.29, 0.717) is 11.6 Å². The van der Waals surface area contributed by atoms with Crippen molar-refractivity contribution in [1.82, 2.24) is 0 Å². The molecule has 0 heterocycles. The van der Waals surface area contributed by atoms with Gasteiger partial charge in [0.05, 0.1) is 6.10 Å². The summed E-state index contributed by atoms with van der Waals surface area (Å²) in [6.07, 6.45) is 0.312. The van der Waals surface area contributed by atoms with Crippen molar-refractivity contribution in [2.75, 3.05) is 13.7 Å². The molecule has 0 radical (unpaired) electrons. The highest BCUT2D eigenvalue weighted by atomic mass is 79.9. The van der Waals surface area contributed by atoms with Crippen LogP contribution in [0.3, 0.4) is 0 Å². The number of aliphatic hydroxyl groups is 1. The van der Waals surface area contributed by atoms with Crippen LogP contribution in [0.1, 0.15) is 25.0 Å². The van der Waals surface area contributed by atoms with Crippen molar-refractivity contribution in [1.29, 1.82) is 0 Å². The second-order valence-corrected chi connectivity index (χ2v) is 5.26. The van der Waals surface area contributed by atoms with Crippen LogP contribution in [-0.4, -0.2) is 18.8 Å². The number of hydrogen-bond donors (Lipinski definition) is 1. The SMILES string of the molecule is COCCC(C)C(O)c1cc(Cl)cc(Br)c1. The Labute approximate surface area is 110 Å². The fraction of sp³-hybridized carbons (Fsp3) is 0.500. The number of benzene rings is 1. The van der Waals surface area contributed by atoms with E-state index in [-0.39, 0.29) is 5.92 Å². The maximum atomic E-state index is 10.1. The molecule has 0 spiro atoms. The van der Waals surface area contributed by atoms with Crippen molar-refractivity contribution in [2.45, 2.75) is 19.4 Å². The van der Waals surface area contributed by atoms with E-state index >= 15 is 0 Å². The first-order chi connectivity index (χ1) is 7.54. The van der Waals surface area contributed by atoms with Crippen molar-refractivity contribution in [3.63, 3.8) is 0 Å². The van der Waals surface area contributed by atoms with E-state index in [9.17, 15) is 5.11 Å². The Morgan fingerprint density at radius 1 is 1.44 bits per heavy atom. The maximum absolute atomic E-state index is 10.1. The van der Waals surface area contributed by atoms with Crippen LogP contribution in [0.2, 0.25) is 5.02 Å². The predicted molar refractivity (Wildman–Crippen MR) is 69.8 cm³/mol. The lowest BCUT2D eigenvalue weighted by Crippen LogP contribution is -2.11. The largest absolute Gasteiger partial charge is 0.388 e. The molecule has 0 aliphatic carbocycles. The van der Waals surface area contributed by atoms with Crippen LogP contribution < -0.4 is 0 Å². The highest BCUT2D eigenvalue weighted by Crippen LogP contribution is 2.29. The van der Waals surface area contributed by atoms with Gasteiger partial charge in [-0.25, -0.2) is 0 Å². The molecule has 1 aromatic carbocycles. The predicted octanol–water partition coefficient (Wildman–Crippen LogP) is 3.81.